The van der Waals surface area contributed by atoms with Gasteiger partial charge in [-0.2, -0.15) is 0 Å². The molecule has 9 heteroatoms. The average molecular weight is 559 g/mol. The van der Waals surface area contributed by atoms with Gasteiger partial charge in [0.15, 0.2) is 11.6 Å². The summed E-state index contributed by atoms with van der Waals surface area (Å²) >= 11 is 0. The number of Topliss-reactive ketones (excluding diaryl/α,β-unsaturated/α-hetero) is 1. The first-order valence-electron chi connectivity index (χ1n) is 14.8. The van der Waals surface area contributed by atoms with Gasteiger partial charge >= 0.3 is 5.97 Å². The van der Waals surface area contributed by atoms with Crippen molar-refractivity contribution in [2.75, 3.05) is 6.61 Å². The van der Waals surface area contributed by atoms with Gasteiger partial charge < -0.3 is 29.5 Å². The second kappa shape index (κ2) is 8.27. The average Bonchev–Trinajstić information content (AvgIpc) is 3.17. The van der Waals surface area contributed by atoms with E-state index in [2.05, 4.69) is 0 Å². The van der Waals surface area contributed by atoms with E-state index in [0.29, 0.717) is 24.8 Å². The van der Waals surface area contributed by atoms with Gasteiger partial charge in [-0.15, -0.1) is 0 Å². The quantitative estimate of drug-likeness (QED) is 0.445. The highest BCUT2D eigenvalue weighted by molar-refractivity contribution is 5.99. The third kappa shape index (κ3) is 2.85. The topological polar surface area (TPSA) is 140 Å². The Morgan fingerprint density at radius 1 is 1.10 bits per heavy atom. The molecule has 6 aliphatic rings. The van der Waals surface area contributed by atoms with Gasteiger partial charge in [0.2, 0.25) is 5.79 Å². The number of hydrogen-bond donors (Lipinski definition) is 3. The minimum Gasteiger partial charge on any atom is -0.512 e. The summed E-state index contributed by atoms with van der Waals surface area (Å²) in [6.45, 7) is 10.9. The molecule has 4 unspecified atom stereocenters. The summed E-state index contributed by atoms with van der Waals surface area (Å²) in [6, 6.07) is 0. The first kappa shape index (κ1) is 28.1. The zero-order chi connectivity index (χ0) is 29.3. The number of esters is 1. The summed E-state index contributed by atoms with van der Waals surface area (Å²) in [7, 11) is 0. The Bertz CT molecular complexity index is 1260. The van der Waals surface area contributed by atoms with E-state index < -0.39 is 74.9 Å². The van der Waals surface area contributed by atoms with E-state index >= 15 is 0 Å². The van der Waals surface area contributed by atoms with E-state index in [9.17, 15) is 29.7 Å². The smallest absolute Gasteiger partial charge is 0.309 e. The third-order valence-electron chi connectivity index (χ3n) is 12.4. The lowest BCUT2D eigenvalue weighted by molar-refractivity contribution is -0.388. The van der Waals surface area contributed by atoms with Crippen LogP contribution in [0, 0.1) is 34.5 Å². The highest BCUT2D eigenvalue weighted by Crippen LogP contribution is 2.71. The maximum Gasteiger partial charge on any atom is 0.309 e. The van der Waals surface area contributed by atoms with Crippen molar-refractivity contribution in [2.45, 2.75) is 109 Å². The molecule has 9 nitrogen and oxygen atoms in total. The number of ketones is 2. The molecule has 1 spiro atoms. The number of carbonyl (C=O) groups excluding carboxylic acids is 3. The molecule has 3 aliphatic heterocycles. The molecule has 6 rings (SSSR count). The number of aliphatic hydroxyl groups excluding tert-OH is 1. The first-order chi connectivity index (χ1) is 18.6. The van der Waals surface area contributed by atoms with Crippen LogP contribution in [0.3, 0.4) is 0 Å². The second-order valence-electron chi connectivity index (χ2n) is 13.7. The number of hydrogen-bond acceptors (Lipinski definition) is 9. The minimum atomic E-state index is -2.44. The molecular formula is C31H42O9. The normalized spacial score (nSPS) is 53.3. The van der Waals surface area contributed by atoms with Crippen LogP contribution in [0.5, 0.6) is 0 Å². The fraction of sp³-hybridized carbons (Fsp3) is 0.774. The fourth-order valence-corrected chi connectivity index (χ4v) is 9.96. The number of aliphatic hydroxyl groups is 3. The third-order valence-corrected chi connectivity index (χ3v) is 12.4. The van der Waals surface area contributed by atoms with E-state index in [1.54, 1.807) is 33.8 Å². The van der Waals surface area contributed by atoms with E-state index in [1.807, 2.05) is 13.8 Å². The molecule has 3 saturated heterocycles. The molecule has 40 heavy (non-hydrogen) atoms. The Morgan fingerprint density at radius 2 is 1.80 bits per heavy atom. The molecule has 1 saturated carbocycles. The van der Waals surface area contributed by atoms with Gasteiger partial charge in [0.25, 0.3) is 0 Å². The molecule has 0 amide bonds. The molecule has 0 aromatic heterocycles. The zero-order valence-corrected chi connectivity index (χ0v) is 24.3. The fourth-order valence-electron chi connectivity index (χ4n) is 9.96. The number of carbonyl (C=O) groups is 3. The van der Waals surface area contributed by atoms with Crippen molar-refractivity contribution in [3.8, 4) is 0 Å². The van der Waals surface area contributed by atoms with Crippen molar-refractivity contribution >= 4 is 17.5 Å². The summed E-state index contributed by atoms with van der Waals surface area (Å²) in [5.74, 6) is -7.07. The summed E-state index contributed by atoms with van der Waals surface area (Å²) < 4.78 is 19.2. The molecule has 3 N–H and O–H groups in total. The molecule has 11 atom stereocenters. The molecule has 4 fully saturated rings. The van der Waals surface area contributed by atoms with Crippen molar-refractivity contribution in [3.05, 3.63) is 23.5 Å². The van der Waals surface area contributed by atoms with Crippen LogP contribution in [-0.2, 0) is 28.6 Å². The first-order valence-corrected chi connectivity index (χ1v) is 14.8. The van der Waals surface area contributed by atoms with Gasteiger partial charge in [0, 0.05) is 18.9 Å². The van der Waals surface area contributed by atoms with Crippen LogP contribution in [0.15, 0.2) is 23.5 Å². The predicted molar refractivity (Wildman–Crippen MR) is 142 cm³/mol. The lowest BCUT2D eigenvalue weighted by Gasteiger charge is -2.67. The molecular weight excluding hydrogens is 516 g/mol. The largest absolute Gasteiger partial charge is 0.512 e. The lowest BCUT2D eigenvalue weighted by Crippen LogP contribution is -2.81. The Kier molecular flexibility index (Phi) is 5.80. The van der Waals surface area contributed by atoms with Crippen molar-refractivity contribution < 1.29 is 43.9 Å². The molecule has 0 radical (unpaired) electrons. The minimum absolute atomic E-state index is 0.00840. The number of allylic oxidation sites excluding steroid dienone is 4. The van der Waals surface area contributed by atoms with Crippen LogP contribution in [0.25, 0.3) is 0 Å². The Labute approximate surface area is 234 Å². The summed E-state index contributed by atoms with van der Waals surface area (Å²) in [4.78, 5) is 41.6. The Hall–Kier alpha value is -2.07. The van der Waals surface area contributed by atoms with Crippen molar-refractivity contribution in [1.29, 1.82) is 0 Å². The van der Waals surface area contributed by atoms with E-state index in [-0.39, 0.29) is 37.4 Å². The van der Waals surface area contributed by atoms with Gasteiger partial charge in [0.05, 0.1) is 28.6 Å². The maximum atomic E-state index is 14.9. The van der Waals surface area contributed by atoms with Gasteiger partial charge in [-0.3, -0.25) is 14.4 Å². The Balaban J connectivity index is 1.64. The number of rotatable bonds is 3. The van der Waals surface area contributed by atoms with Gasteiger partial charge in [-0.1, -0.05) is 26.8 Å². The van der Waals surface area contributed by atoms with Crippen LogP contribution >= 0.6 is 0 Å². The maximum absolute atomic E-state index is 14.9. The predicted octanol–water partition coefficient (Wildman–Crippen LogP) is 3.31. The van der Waals surface area contributed by atoms with Crippen LogP contribution < -0.4 is 0 Å². The van der Waals surface area contributed by atoms with Crippen LogP contribution in [0.1, 0.15) is 80.1 Å². The standard InChI is InChI=1S/C31H42O9/c1-7-29(36)13-12-17-19(14-20(32)18-10-9-11-21(33)27(17,18)5)30(37)24(34)23-26(4)15-22(39-25(35)16(26)3)28(6,38-8-2)31(23,29)40-30/h9,11,16-17,19,22-23,32,36-37H,7-8,10,12-15H2,1-6H3/t16-,17?,19?,22?,23?,26+,27+,28-,29-,30+,31-/m0/s1. The second-order valence-corrected chi connectivity index (χ2v) is 13.7. The highest BCUT2D eigenvalue weighted by Gasteiger charge is 2.86. The zero-order valence-electron chi connectivity index (χ0n) is 24.3. The summed E-state index contributed by atoms with van der Waals surface area (Å²) in [5.41, 5.74) is -6.48. The Morgan fingerprint density at radius 3 is 2.45 bits per heavy atom. The summed E-state index contributed by atoms with van der Waals surface area (Å²) in [6.07, 6.45) is 3.73. The van der Waals surface area contributed by atoms with E-state index in [1.165, 1.54) is 6.08 Å². The van der Waals surface area contributed by atoms with Crippen molar-refractivity contribution in [1.82, 2.24) is 0 Å². The van der Waals surface area contributed by atoms with Gasteiger partial charge in [0.1, 0.15) is 17.3 Å². The van der Waals surface area contributed by atoms with Crippen LogP contribution in [-0.4, -0.2) is 68.2 Å². The molecule has 0 aromatic rings. The lowest BCUT2D eigenvalue weighted by atomic mass is 9.45. The summed E-state index contributed by atoms with van der Waals surface area (Å²) in [5, 5.41) is 36.7. The van der Waals surface area contributed by atoms with E-state index in [4.69, 9.17) is 14.2 Å². The molecule has 4 bridgehead atoms. The number of fused-ring (bicyclic) bond motifs is 8. The van der Waals surface area contributed by atoms with Crippen LogP contribution in [0.4, 0.5) is 0 Å². The molecule has 220 valence electrons. The SMILES string of the molecule is CCO[C@@]1(C)C2C[C@@](C)(C3C(=O)[C@]4(O)O[C@@]31[C@](O)(CC)CCC1C4CC(O)=C3CC=CC(=O)[C@@]31C)[C@@H](C)C(=O)O2. The monoisotopic (exact) mass is 558 g/mol. The van der Waals surface area contributed by atoms with Crippen molar-refractivity contribution in [3.63, 3.8) is 0 Å². The van der Waals surface area contributed by atoms with E-state index in [0.717, 1.165) is 0 Å². The molecule has 3 heterocycles. The molecule has 3 aliphatic carbocycles. The van der Waals surface area contributed by atoms with Gasteiger partial charge in [-0.25, -0.2) is 0 Å². The van der Waals surface area contributed by atoms with Gasteiger partial charge in [-0.05, 0) is 75.9 Å². The highest BCUT2D eigenvalue weighted by atomic mass is 16.7. The number of ether oxygens (including phenoxy) is 3. The molecule has 0 aromatic carbocycles. The van der Waals surface area contributed by atoms with Crippen molar-refractivity contribution in [2.24, 2.45) is 34.5 Å². The van der Waals surface area contributed by atoms with Crippen LogP contribution in [0.2, 0.25) is 0 Å².